The molecule has 4 rings (SSSR count). The third kappa shape index (κ3) is 3.59. The Morgan fingerprint density at radius 2 is 1.61 bits per heavy atom. The summed E-state index contributed by atoms with van der Waals surface area (Å²) in [5.41, 5.74) is -1.01. The first kappa shape index (κ1) is 21.4. The second-order valence-electron chi connectivity index (χ2n) is 9.68. The maximum Gasteiger partial charge on any atom is 0.411 e. The first-order valence-electron chi connectivity index (χ1n) is 10.7. The predicted molar refractivity (Wildman–Crippen MR) is 117 cm³/mol. The first-order chi connectivity index (χ1) is 14.7. The molecule has 0 radical (unpaired) electrons. The number of hydrogen-bond acceptors (Lipinski definition) is 4. The summed E-state index contributed by atoms with van der Waals surface area (Å²) in [7, 11) is 0. The maximum atomic E-state index is 13.4. The van der Waals surface area contributed by atoms with Crippen molar-refractivity contribution in [2.75, 3.05) is 13.1 Å². The molecule has 0 bridgehead atoms. The first-order valence-corrected chi connectivity index (χ1v) is 10.7. The summed E-state index contributed by atoms with van der Waals surface area (Å²) in [6.45, 7) is 7.46. The Balaban J connectivity index is 1.71. The van der Waals surface area contributed by atoms with Crippen molar-refractivity contribution in [2.24, 2.45) is 5.41 Å². The van der Waals surface area contributed by atoms with Gasteiger partial charge in [-0.15, -0.1) is 0 Å². The summed E-state index contributed by atoms with van der Waals surface area (Å²) in [6, 6.07) is 19.7. The van der Waals surface area contributed by atoms with Gasteiger partial charge in [-0.05, 0) is 17.5 Å². The Morgan fingerprint density at radius 1 is 1.03 bits per heavy atom. The van der Waals surface area contributed by atoms with Gasteiger partial charge in [0.25, 0.3) is 0 Å². The molecule has 2 aromatic carbocycles. The van der Waals surface area contributed by atoms with Gasteiger partial charge in [0, 0.05) is 31.5 Å². The lowest BCUT2D eigenvalue weighted by molar-refractivity contribution is -0.172. The maximum absolute atomic E-state index is 13.4. The van der Waals surface area contributed by atoms with Crippen molar-refractivity contribution in [1.29, 1.82) is 0 Å². The molecule has 2 aliphatic rings. The van der Waals surface area contributed by atoms with Gasteiger partial charge in [0.2, 0.25) is 5.72 Å². The Morgan fingerprint density at radius 3 is 2.16 bits per heavy atom. The lowest BCUT2D eigenvalue weighted by Crippen LogP contribution is -2.64. The summed E-state index contributed by atoms with van der Waals surface area (Å²) >= 11 is 0. The number of carbonyl (C=O) groups excluding carboxylic acids is 1. The van der Waals surface area contributed by atoms with E-state index >= 15 is 0 Å². The second kappa shape index (κ2) is 7.68. The number of cyclic esters (lactones) is 1. The van der Waals surface area contributed by atoms with E-state index in [1.165, 1.54) is 4.90 Å². The van der Waals surface area contributed by atoms with Gasteiger partial charge in [-0.25, -0.2) is 9.59 Å². The molecule has 0 unspecified atom stereocenters. The number of nitrogens with zero attached hydrogens (tertiary/aromatic N) is 2. The van der Waals surface area contributed by atoms with E-state index in [0.29, 0.717) is 32.5 Å². The van der Waals surface area contributed by atoms with Gasteiger partial charge in [-0.2, -0.15) is 0 Å². The normalized spacial score (nSPS) is 26.4. The van der Waals surface area contributed by atoms with Crippen LogP contribution < -0.4 is 0 Å². The summed E-state index contributed by atoms with van der Waals surface area (Å²) in [5, 5.41) is 10.4. The van der Waals surface area contributed by atoms with Crippen LogP contribution in [0, 0.1) is 5.41 Å². The van der Waals surface area contributed by atoms with E-state index in [1.54, 1.807) is 0 Å². The Hall–Kier alpha value is -2.86. The van der Waals surface area contributed by atoms with Gasteiger partial charge < -0.3 is 9.84 Å². The van der Waals surface area contributed by atoms with Crippen molar-refractivity contribution in [1.82, 2.24) is 9.80 Å². The highest BCUT2D eigenvalue weighted by Crippen LogP contribution is 2.51. The fourth-order valence-corrected chi connectivity index (χ4v) is 5.01. The third-order valence-electron chi connectivity index (χ3n) is 6.66. The highest BCUT2D eigenvalue weighted by atomic mass is 16.6. The van der Waals surface area contributed by atoms with Gasteiger partial charge >= 0.3 is 12.1 Å². The fourth-order valence-electron chi connectivity index (χ4n) is 5.01. The van der Waals surface area contributed by atoms with Crippen LogP contribution in [0.1, 0.15) is 38.3 Å². The van der Waals surface area contributed by atoms with Crippen molar-refractivity contribution in [3.05, 3.63) is 71.8 Å². The topological polar surface area (TPSA) is 70.1 Å². The Labute approximate surface area is 183 Å². The highest BCUT2D eigenvalue weighted by molar-refractivity contribution is 5.90. The molecule has 2 heterocycles. The Kier molecular flexibility index (Phi) is 5.30. The number of benzene rings is 2. The molecule has 2 saturated heterocycles. The molecule has 0 aromatic heterocycles. The van der Waals surface area contributed by atoms with Gasteiger partial charge in [0.05, 0.1) is 0 Å². The molecule has 6 nitrogen and oxygen atoms in total. The van der Waals surface area contributed by atoms with Crippen molar-refractivity contribution in [3.63, 3.8) is 0 Å². The van der Waals surface area contributed by atoms with Gasteiger partial charge in [-0.1, -0.05) is 81.4 Å². The van der Waals surface area contributed by atoms with E-state index in [9.17, 15) is 14.7 Å². The summed E-state index contributed by atoms with van der Waals surface area (Å²) in [6.07, 6.45) is -0.369. The summed E-state index contributed by atoms with van der Waals surface area (Å²) < 4.78 is 6.11. The van der Waals surface area contributed by atoms with Gasteiger partial charge in [0.15, 0.2) is 5.54 Å². The molecule has 31 heavy (non-hydrogen) atoms. The Bertz CT molecular complexity index is 956. The van der Waals surface area contributed by atoms with Gasteiger partial charge in [-0.3, -0.25) is 9.80 Å². The zero-order chi connectivity index (χ0) is 22.3. The van der Waals surface area contributed by atoms with Crippen LogP contribution in [-0.4, -0.2) is 51.3 Å². The summed E-state index contributed by atoms with van der Waals surface area (Å²) in [5.74, 6) is -0.434. The molecule has 2 aromatic rings. The minimum atomic E-state index is -1.28. The molecule has 164 valence electrons. The second-order valence-corrected chi connectivity index (χ2v) is 9.68. The van der Waals surface area contributed by atoms with Crippen LogP contribution in [0.2, 0.25) is 0 Å². The van der Waals surface area contributed by atoms with E-state index in [1.807, 2.05) is 81.4 Å². The van der Waals surface area contributed by atoms with Crippen LogP contribution >= 0.6 is 0 Å². The number of carboxylic acid groups (broad SMARTS) is 1. The minimum Gasteiger partial charge on any atom is -0.465 e. The molecule has 2 fully saturated rings. The molecule has 2 atom stereocenters. The lowest BCUT2D eigenvalue weighted by Gasteiger charge is -2.47. The molecule has 2 aliphatic heterocycles. The molecule has 6 heteroatoms. The number of likely N-dealkylation sites (tertiary alicyclic amines) is 1. The van der Waals surface area contributed by atoms with Crippen LogP contribution in [0.4, 0.5) is 4.79 Å². The van der Waals surface area contributed by atoms with Crippen LogP contribution in [0.5, 0.6) is 0 Å². The van der Waals surface area contributed by atoms with E-state index in [0.717, 1.165) is 11.1 Å². The van der Waals surface area contributed by atoms with Crippen LogP contribution in [0.3, 0.4) is 0 Å². The standard InChI is InChI=1S/C25H30N2O4/c1-23(2,3)25(16-19-10-6-4-7-11-19)27(22(29)30)24(21(28)31-25)14-15-26(18-24)17-20-12-8-5-9-13-20/h4-13H,14-18H2,1-3H3,(H,29,30)/t24-,25+/m0/s1. The smallest absolute Gasteiger partial charge is 0.411 e. The van der Waals surface area contributed by atoms with E-state index in [-0.39, 0.29) is 0 Å². The summed E-state index contributed by atoms with van der Waals surface area (Å²) in [4.78, 5) is 29.6. The molecule has 1 N–H and O–H groups in total. The SMILES string of the molecule is CC(C)(C)[C@@]1(Cc2ccccc2)OC(=O)[C@@]2(CCN(Cc3ccccc3)C2)N1C(=O)O. The lowest BCUT2D eigenvalue weighted by atomic mass is 9.77. The number of esters is 1. The molecule has 1 amide bonds. The fraction of sp³-hybridized carbons (Fsp3) is 0.440. The van der Waals surface area contributed by atoms with E-state index in [4.69, 9.17) is 4.74 Å². The van der Waals surface area contributed by atoms with E-state index < -0.39 is 28.7 Å². The van der Waals surface area contributed by atoms with Gasteiger partial charge in [0.1, 0.15) is 0 Å². The van der Waals surface area contributed by atoms with Crippen LogP contribution in [-0.2, 0) is 22.5 Å². The monoisotopic (exact) mass is 422 g/mol. The zero-order valence-electron chi connectivity index (χ0n) is 18.4. The molecule has 1 spiro atoms. The zero-order valence-corrected chi connectivity index (χ0v) is 18.4. The largest absolute Gasteiger partial charge is 0.465 e. The molecule has 0 saturated carbocycles. The van der Waals surface area contributed by atoms with E-state index in [2.05, 4.69) is 4.90 Å². The third-order valence-corrected chi connectivity index (χ3v) is 6.66. The highest BCUT2D eigenvalue weighted by Gasteiger charge is 2.70. The average Bonchev–Trinajstić information content (AvgIpc) is 3.23. The van der Waals surface area contributed by atoms with Crippen molar-refractivity contribution >= 4 is 12.1 Å². The molecule has 0 aliphatic carbocycles. The number of hydrogen-bond donors (Lipinski definition) is 1. The van der Waals surface area contributed by atoms with Crippen LogP contribution in [0.25, 0.3) is 0 Å². The van der Waals surface area contributed by atoms with Crippen LogP contribution in [0.15, 0.2) is 60.7 Å². The average molecular weight is 423 g/mol. The number of carbonyl (C=O) groups is 2. The molecular weight excluding hydrogens is 392 g/mol. The number of amides is 1. The predicted octanol–water partition coefficient (Wildman–Crippen LogP) is 4.15. The van der Waals surface area contributed by atoms with Crippen molar-refractivity contribution in [3.8, 4) is 0 Å². The quantitative estimate of drug-likeness (QED) is 0.750. The molecular formula is C25H30N2O4. The minimum absolute atomic E-state index is 0.315. The van der Waals surface area contributed by atoms with Crippen molar-refractivity contribution < 1.29 is 19.4 Å². The number of ether oxygens (including phenoxy) is 1. The number of rotatable bonds is 4. The van der Waals surface area contributed by atoms with Crippen molar-refractivity contribution in [2.45, 2.75) is 51.4 Å².